The fraction of sp³-hybridized carbons (Fsp3) is 1.00. The Morgan fingerprint density at radius 1 is 1.20 bits per heavy atom. The van der Waals surface area contributed by atoms with Crippen LogP contribution < -0.4 is 5.32 Å². The summed E-state index contributed by atoms with van der Waals surface area (Å²) in [5, 5.41) is 3.53. The van der Waals surface area contributed by atoms with E-state index in [1.165, 1.54) is 37.0 Å². The van der Waals surface area contributed by atoms with Gasteiger partial charge in [0.05, 0.1) is 26.7 Å². The van der Waals surface area contributed by atoms with Gasteiger partial charge in [-0.2, -0.15) is 0 Å². The van der Waals surface area contributed by atoms with Crippen LogP contribution in [-0.2, 0) is 0 Å². The summed E-state index contributed by atoms with van der Waals surface area (Å²) in [4.78, 5) is 0. The third kappa shape index (κ3) is 2.36. The molecule has 0 radical (unpaired) electrons. The van der Waals surface area contributed by atoms with E-state index in [0.29, 0.717) is 0 Å². The summed E-state index contributed by atoms with van der Waals surface area (Å²) >= 11 is 0. The fourth-order valence-corrected chi connectivity index (χ4v) is 3.69. The predicted octanol–water partition coefficient (Wildman–Crippen LogP) is 1.72. The predicted molar refractivity (Wildman–Crippen MR) is 64.7 cm³/mol. The molecule has 2 aliphatic heterocycles. The Balaban J connectivity index is 1.94. The molecule has 0 saturated carbocycles. The highest BCUT2D eigenvalue weighted by atomic mass is 15.4. The SMILES string of the molecule is CC1CC(CC2CNCC2C)[N+](C)(C)C1. The minimum Gasteiger partial charge on any atom is -0.326 e. The molecule has 0 aromatic carbocycles. The standard InChI is InChI=1S/C13H27N2/c1-10-5-13(15(3,4)9-10)6-12-8-14-7-11(12)2/h10-14H,5-9H2,1-4H3/q+1. The molecule has 2 heteroatoms. The van der Waals surface area contributed by atoms with E-state index in [0.717, 1.165) is 23.8 Å². The molecule has 4 unspecified atom stereocenters. The number of nitrogens with one attached hydrogen (secondary N) is 1. The van der Waals surface area contributed by atoms with Crippen molar-refractivity contribution in [2.75, 3.05) is 33.7 Å². The molecule has 2 rings (SSSR count). The Morgan fingerprint density at radius 3 is 2.40 bits per heavy atom. The van der Waals surface area contributed by atoms with E-state index in [9.17, 15) is 0 Å². The van der Waals surface area contributed by atoms with Gasteiger partial charge in [-0.05, 0) is 24.9 Å². The molecule has 0 amide bonds. The molecular weight excluding hydrogens is 184 g/mol. The molecule has 15 heavy (non-hydrogen) atoms. The Hall–Kier alpha value is -0.0800. The van der Waals surface area contributed by atoms with Gasteiger partial charge >= 0.3 is 0 Å². The molecule has 0 spiro atoms. The molecule has 2 nitrogen and oxygen atoms in total. The van der Waals surface area contributed by atoms with E-state index in [2.05, 4.69) is 33.3 Å². The summed E-state index contributed by atoms with van der Waals surface area (Å²) < 4.78 is 1.25. The third-order valence-electron chi connectivity index (χ3n) is 4.70. The number of rotatable bonds is 2. The number of hydrogen-bond donors (Lipinski definition) is 1. The molecule has 1 N–H and O–H groups in total. The number of hydrogen-bond acceptors (Lipinski definition) is 1. The molecule has 2 aliphatic rings. The lowest BCUT2D eigenvalue weighted by molar-refractivity contribution is -0.904. The Labute approximate surface area is 94.6 Å². The van der Waals surface area contributed by atoms with Crippen molar-refractivity contribution in [1.82, 2.24) is 5.32 Å². The fourth-order valence-electron chi connectivity index (χ4n) is 3.69. The molecule has 0 aromatic rings. The molecule has 2 heterocycles. The maximum absolute atomic E-state index is 3.53. The second-order valence-electron chi connectivity index (χ2n) is 6.59. The largest absolute Gasteiger partial charge is 0.326 e. The zero-order valence-corrected chi connectivity index (χ0v) is 10.8. The summed E-state index contributed by atoms with van der Waals surface area (Å²) in [6.07, 6.45) is 2.88. The molecule has 88 valence electrons. The van der Waals surface area contributed by atoms with Crippen LogP contribution >= 0.6 is 0 Å². The number of likely N-dealkylation sites (tertiary alicyclic amines) is 1. The molecule has 0 aliphatic carbocycles. The van der Waals surface area contributed by atoms with Crippen molar-refractivity contribution < 1.29 is 4.48 Å². The van der Waals surface area contributed by atoms with Crippen LogP contribution in [0.1, 0.15) is 26.7 Å². The van der Waals surface area contributed by atoms with E-state index in [4.69, 9.17) is 0 Å². The molecular formula is C13H27N2+. The van der Waals surface area contributed by atoms with Crippen LogP contribution in [0.3, 0.4) is 0 Å². The first kappa shape index (κ1) is 11.4. The summed E-state index contributed by atoms with van der Waals surface area (Å²) in [5.74, 6) is 2.74. The summed E-state index contributed by atoms with van der Waals surface area (Å²) in [7, 11) is 4.84. The van der Waals surface area contributed by atoms with Crippen LogP contribution in [0.25, 0.3) is 0 Å². The van der Waals surface area contributed by atoms with Gasteiger partial charge in [-0.15, -0.1) is 0 Å². The quantitative estimate of drug-likeness (QED) is 0.686. The normalized spacial score (nSPS) is 44.8. The lowest BCUT2D eigenvalue weighted by atomic mass is 9.89. The highest BCUT2D eigenvalue weighted by Gasteiger charge is 2.41. The van der Waals surface area contributed by atoms with E-state index in [1.54, 1.807) is 0 Å². The second-order valence-corrected chi connectivity index (χ2v) is 6.59. The van der Waals surface area contributed by atoms with E-state index < -0.39 is 0 Å². The summed E-state index contributed by atoms with van der Waals surface area (Å²) in [5.41, 5.74) is 0. The van der Waals surface area contributed by atoms with E-state index in [-0.39, 0.29) is 0 Å². The van der Waals surface area contributed by atoms with Crippen molar-refractivity contribution in [3.63, 3.8) is 0 Å². The first-order valence-electron chi connectivity index (χ1n) is 6.52. The van der Waals surface area contributed by atoms with Gasteiger partial charge in [-0.1, -0.05) is 13.8 Å². The van der Waals surface area contributed by atoms with E-state index in [1.807, 2.05) is 0 Å². The summed E-state index contributed by atoms with van der Waals surface area (Å²) in [6, 6.07) is 0.910. The van der Waals surface area contributed by atoms with Crippen LogP contribution in [0.2, 0.25) is 0 Å². The van der Waals surface area contributed by atoms with Crippen LogP contribution in [0.15, 0.2) is 0 Å². The lowest BCUT2D eigenvalue weighted by Gasteiger charge is -2.33. The first-order valence-corrected chi connectivity index (χ1v) is 6.52. The minimum absolute atomic E-state index is 0.890. The topological polar surface area (TPSA) is 12.0 Å². The van der Waals surface area contributed by atoms with Crippen LogP contribution in [0.5, 0.6) is 0 Å². The highest BCUT2D eigenvalue weighted by Crippen LogP contribution is 2.34. The smallest absolute Gasteiger partial charge is 0.0894 e. The average molecular weight is 211 g/mol. The second kappa shape index (κ2) is 4.06. The van der Waals surface area contributed by atoms with Gasteiger partial charge in [0.2, 0.25) is 0 Å². The molecule has 0 aromatic heterocycles. The van der Waals surface area contributed by atoms with Gasteiger partial charge in [0.25, 0.3) is 0 Å². The molecule has 0 bridgehead atoms. The summed E-state index contributed by atoms with van der Waals surface area (Å²) in [6.45, 7) is 8.69. The average Bonchev–Trinajstić information content (AvgIpc) is 2.59. The Morgan fingerprint density at radius 2 is 1.93 bits per heavy atom. The van der Waals surface area contributed by atoms with Crippen molar-refractivity contribution in [2.45, 2.75) is 32.7 Å². The van der Waals surface area contributed by atoms with Crippen molar-refractivity contribution in [2.24, 2.45) is 17.8 Å². The zero-order valence-electron chi connectivity index (χ0n) is 10.8. The maximum Gasteiger partial charge on any atom is 0.0894 e. The Bertz CT molecular complexity index is 225. The Kier molecular flexibility index (Phi) is 3.09. The molecule has 4 atom stereocenters. The van der Waals surface area contributed by atoms with Gasteiger partial charge in [0.1, 0.15) is 0 Å². The van der Waals surface area contributed by atoms with Crippen LogP contribution in [-0.4, -0.2) is 44.3 Å². The number of quaternary nitrogens is 1. The highest BCUT2D eigenvalue weighted by molar-refractivity contribution is 4.83. The van der Waals surface area contributed by atoms with Crippen molar-refractivity contribution >= 4 is 0 Å². The van der Waals surface area contributed by atoms with Crippen molar-refractivity contribution in [3.05, 3.63) is 0 Å². The van der Waals surface area contributed by atoms with Gasteiger partial charge in [0, 0.05) is 18.8 Å². The van der Waals surface area contributed by atoms with Crippen molar-refractivity contribution in [3.8, 4) is 0 Å². The van der Waals surface area contributed by atoms with Gasteiger partial charge in [-0.25, -0.2) is 0 Å². The number of nitrogens with zero attached hydrogens (tertiary/aromatic N) is 1. The monoisotopic (exact) mass is 211 g/mol. The zero-order chi connectivity index (χ0) is 11.1. The maximum atomic E-state index is 3.53. The first-order chi connectivity index (χ1) is 6.99. The molecule has 2 saturated heterocycles. The minimum atomic E-state index is 0.890. The van der Waals surface area contributed by atoms with Crippen LogP contribution in [0, 0.1) is 17.8 Å². The van der Waals surface area contributed by atoms with Gasteiger partial charge in [-0.3, -0.25) is 0 Å². The lowest BCUT2D eigenvalue weighted by Crippen LogP contribution is -2.45. The van der Waals surface area contributed by atoms with Gasteiger partial charge in [0.15, 0.2) is 0 Å². The molecule has 2 fully saturated rings. The van der Waals surface area contributed by atoms with E-state index >= 15 is 0 Å². The van der Waals surface area contributed by atoms with Crippen LogP contribution in [0.4, 0.5) is 0 Å². The van der Waals surface area contributed by atoms with Gasteiger partial charge < -0.3 is 9.80 Å². The third-order valence-corrected chi connectivity index (χ3v) is 4.70. The van der Waals surface area contributed by atoms with Crippen molar-refractivity contribution in [1.29, 1.82) is 0 Å².